The number of carbonyl (C=O) groups is 2. The minimum Gasteiger partial charge on any atom is -0.350 e. The number of nitrogens with two attached hydrogens (primary N) is 1. The first-order chi connectivity index (χ1) is 6.61. The van der Waals surface area contributed by atoms with Crippen LogP contribution in [0.4, 0.5) is 4.79 Å². The molecule has 5 nitrogen and oxygen atoms in total. The first kappa shape index (κ1) is 10.0. The van der Waals surface area contributed by atoms with E-state index in [9.17, 15) is 9.59 Å². The first-order valence-corrected chi connectivity index (χ1v) is 4.02. The van der Waals surface area contributed by atoms with Gasteiger partial charge in [-0.1, -0.05) is 18.2 Å². The predicted molar refractivity (Wildman–Crippen MR) is 51.4 cm³/mol. The first-order valence-electron chi connectivity index (χ1n) is 4.02. The third-order valence-corrected chi connectivity index (χ3v) is 1.69. The van der Waals surface area contributed by atoms with Gasteiger partial charge in [0.05, 0.1) is 0 Å². The van der Waals surface area contributed by atoms with Crippen molar-refractivity contribution in [3.8, 4) is 0 Å². The number of hydrogen-bond acceptors (Lipinski definition) is 2. The van der Waals surface area contributed by atoms with E-state index in [1.165, 1.54) is 0 Å². The van der Waals surface area contributed by atoms with Crippen LogP contribution in [-0.2, 0) is 0 Å². The molecule has 0 aliphatic carbocycles. The Kier molecular flexibility index (Phi) is 3.06. The molecule has 0 aromatic heterocycles. The normalized spacial score (nSPS) is 9.21. The van der Waals surface area contributed by atoms with Crippen molar-refractivity contribution in [1.29, 1.82) is 0 Å². The lowest BCUT2D eigenvalue weighted by molar-refractivity contribution is 0.0937. The van der Waals surface area contributed by atoms with Crippen molar-refractivity contribution in [3.63, 3.8) is 0 Å². The third-order valence-electron chi connectivity index (χ3n) is 1.69. The maximum absolute atomic E-state index is 11.4. The highest BCUT2D eigenvalue weighted by Crippen LogP contribution is 2.05. The van der Waals surface area contributed by atoms with Crippen LogP contribution in [0.1, 0.15) is 15.9 Å². The highest BCUT2D eigenvalue weighted by atomic mass is 16.2. The van der Waals surface area contributed by atoms with Crippen molar-refractivity contribution in [3.05, 3.63) is 35.4 Å². The average molecular weight is 193 g/mol. The standard InChI is InChI=1S/C9H11N3O2/c1-6-4-2-3-5-7(6)8(13)11-12-9(10)14/h2-5H,1H3,(H,11,13)(H3,10,12,14). The zero-order valence-corrected chi connectivity index (χ0v) is 7.70. The second-order valence-electron chi connectivity index (χ2n) is 2.76. The summed E-state index contributed by atoms with van der Waals surface area (Å²) in [7, 11) is 0. The van der Waals surface area contributed by atoms with Crippen LogP contribution in [0.2, 0.25) is 0 Å². The fraction of sp³-hybridized carbons (Fsp3) is 0.111. The lowest BCUT2D eigenvalue weighted by Crippen LogP contribution is -2.44. The van der Waals surface area contributed by atoms with E-state index < -0.39 is 6.03 Å². The Morgan fingerprint density at radius 2 is 1.86 bits per heavy atom. The van der Waals surface area contributed by atoms with Gasteiger partial charge in [0.15, 0.2) is 0 Å². The van der Waals surface area contributed by atoms with Crippen LogP contribution in [0, 0.1) is 6.92 Å². The minimum absolute atomic E-state index is 0.387. The van der Waals surface area contributed by atoms with E-state index in [4.69, 9.17) is 5.73 Å². The number of amides is 3. The summed E-state index contributed by atoms with van der Waals surface area (Å²) in [6.07, 6.45) is 0. The number of hydrogen-bond donors (Lipinski definition) is 3. The molecule has 0 unspecified atom stereocenters. The van der Waals surface area contributed by atoms with Crippen LogP contribution < -0.4 is 16.6 Å². The Hall–Kier alpha value is -2.04. The molecule has 1 rings (SSSR count). The monoisotopic (exact) mass is 193 g/mol. The van der Waals surface area contributed by atoms with Gasteiger partial charge in [0.25, 0.3) is 5.91 Å². The van der Waals surface area contributed by atoms with Gasteiger partial charge in [-0.05, 0) is 18.6 Å². The van der Waals surface area contributed by atoms with E-state index in [1.54, 1.807) is 25.1 Å². The second-order valence-corrected chi connectivity index (χ2v) is 2.76. The Balaban J connectivity index is 2.70. The third kappa shape index (κ3) is 2.48. The van der Waals surface area contributed by atoms with Gasteiger partial charge < -0.3 is 5.73 Å². The van der Waals surface area contributed by atoms with E-state index >= 15 is 0 Å². The molecule has 4 N–H and O–H groups in total. The Labute approximate surface area is 81.3 Å². The van der Waals surface area contributed by atoms with Gasteiger partial charge in [0, 0.05) is 5.56 Å². The molecule has 5 heteroatoms. The van der Waals surface area contributed by atoms with E-state index in [2.05, 4.69) is 5.43 Å². The van der Waals surface area contributed by atoms with Crippen molar-refractivity contribution in [1.82, 2.24) is 10.9 Å². The molecule has 3 amide bonds. The molecule has 1 aromatic carbocycles. The number of aryl methyl sites for hydroxylation is 1. The molecule has 0 aliphatic rings. The quantitative estimate of drug-likeness (QED) is 0.561. The number of primary amides is 1. The molecule has 74 valence electrons. The van der Waals surface area contributed by atoms with Gasteiger partial charge >= 0.3 is 6.03 Å². The second kappa shape index (κ2) is 4.27. The van der Waals surface area contributed by atoms with Crippen LogP contribution in [-0.4, -0.2) is 11.9 Å². The van der Waals surface area contributed by atoms with E-state index in [1.807, 2.05) is 11.5 Å². The smallest absolute Gasteiger partial charge is 0.330 e. The van der Waals surface area contributed by atoms with Crippen LogP contribution in [0.25, 0.3) is 0 Å². The van der Waals surface area contributed by atoms with E-state index in [0.717, 1.165) is 5.56 Å². The molecule has 0 heterocycles. The largest absolute Gasteiger partial charge is 0.350 e. The highest BCUT2D eigenvalue weighted by molar-refractivity contribution is 5.96. The Bertz CT molecular complexity index is 363. The zero-order valence-electron chi connectivity index (χ0n) is 7.70. The topological polar surface area (TPSA) is 84.2 Å². The average Bonchev–Trinajstić information content (AvgIpc) is 2.15. The summed E-state index contributed by atoms with van der Waals surface area (Å²) in [5, 5.41) is 0. The number of benzene rings is 1. The van der Waals surface area contributed by atoms with Crippen molar-refractivity contribution in [2.75, 3.05) is 0 Å². The van der Waals surface area contributed by atoms with Gasteiger partial charge in [-0.2, -0.15) is 0 Å². The van der Waals surface area contributed by atoms with Crippen molar-refractivity contribution >= 4 is 11.9 Å². The van der Waals surface area contributed by atoms with Crippen molar-refractivity contribution < 1.29 is 9.59 Å². The van der Waals surface area contributed by atoms with Crippen molar-refractivity contribution in [2.45, 2.75) is 6.92 Å². The molecule has 0 radical (unpaired) electrons. The van der Waals surface area contributed by atoms with Crippen LogP contribution in [0.3, 0.4) is 0 Å². The summed E-state index contributed by atoms with van der Waals surface area (Å²) in [6, 6.07) is 6.23. The van der Waals surface area contributed by atoms with Crippen LogP contribution in [0.5, 0.6) is 0 Å². The predicted octanol–water partition coefficient (Wildman–Crippen LogP) is 0.308. The van der Waals surface area contributed by atoms with Gasteiger partial charge in [0.2, 0.25) is 0 Å². The van der Waals surface area contributed by atoms with Gasteiger partial charge in [-0.15, -0.1) is 0 Å². The SMILES string of the molecule is Cc1ccccc1C(=O)NNC(N)=O. The molecule has 0 spiro atoms. The van der Waals surface area contributed by atoms with Crippen molar-refractivity contribution in [2.24, 2.45) is 5.73 Å². The summed E-state index contributed by atoms with van der Waals surface area (Å²) in [6.45, 7) is 1.80. The maximum atomic E-state index is 11.4. The molecular formula is C9H11N3O2. The van der Waals surface area contributed by atoms with E-state index in [0.29, 0.717) is 5.56 Å². The molecule has 0 fully saturated rings. The lowest BCUT2D eigenvalue weighted by Gasteiger charge is -2.06. The zero-order chi connectivity index (χ0) is 10.6. The van der Waals surface area contributed by atoms with Gasteiger partial charge in [-0.3, -0.25) is 10.2 Å². The Morgan fingerprint density at radius 1 is 1.21 bits per heavy atom. The fourth-order valence-electron chi connectivity index (χ4n) is 1.01. The highest BCUT2D eigenvalue weighted by Gasteiger charge is 2.07. The van der Waals surface area contributed by atoms with E-state index in [-0.39, 0.29) is 5.91 Å². The summed E-state index contributed by atoms with van der Waals surface area (Å²) >= 11 is 0. The summed E-state index contributed by atoms with van der Waals surface area (Å²) in [5.74, 6) is -0.387. The maximum Gasteiger partial charge on any atom is 0.330 e. The molecule has 14 heavy (non-hydrogen) atoms. The number of nitrogens with one attached hydrogen (secondary N) is 2. The fourth-order valence-corrected chi connectivity index (χ4v) is 1.01. The number of urea groups is 1. The molecule has 0 saturated heterocycles. The van der Waals surface area contributed by atoms with Crippen LogP contribution >= 0.6 is 0 Å². The number of carbonyl (C=O) groups excluding carboxylic acids is 2. The number of rotatable bonds is 1. The minimum atomic E-state index is -0.799. The summed E-state index contributed by atoms with van der Waals surface area (Å²) in [5.41, 5.74) is 10.3. The van der Waals surface area contributed by atoms with Crippen LogP contribution in [0.15, 0.2) is 24.3 Å². The molecule has 0 aliphatic heterocycles. The molecular weight excluding hydrogens is 182 g/mol. The number of hydrazine groups is 1. The lowest BCUT2D eigenvalue weighted by atomic mass is 10.1. The molecule has 0 saturated carbocycles. The Morgan fingerprint density at radius 3 is 2.43 bits per heavy atom. The molecule has 0 atom stereocenters. The summed E-state index contributed by atoms with van der Waals surface area (Å²) in [4.78, 5) is 21.7. The molecule has 0 bridgehead atoms. The molecule has 1 aromatic rings. The van der Waals surface area contributed by atoms with Gasteiger partial charge in [0.1, 0.15) is 0 Å². The van der Waals surface area contributed by atoms with Gasteiger partial charge in [-0.25, -0.2) is 10.2 Å². The summed E-state index contributed by atoms with van der Waals surface area (Å²) < 4.78 is 0.